The fraction of sp³-hybridized carbons (Fsp3) is 0.727. The third-order valence-electron chi connectivity index (χ3n) is 3.95. The zero-order valence-corrected chi connectivity index (χ0v) is 9.79. The molecule has 1 unspecified atom stereocenters. The van der Waals surface area contributed by atoms with Crippen LogP contribution in [0.25, 0.3) is 0 Å². The highest BCUT2D eigenvalue weighted by molar-refractivity contribution is 5.83. The molecule has 4 atom stereocenters. The third-order valence-corrected chi connectivity index (χ3v) is 3.95. The van der Waals surface area contributed by atoms with Crippen LogP contribution in [-0.2, 0) is 11.8 Å². The van der Waals surface area contributed by atoms with E-state index in [0.717, 1.165) is 12.2 Å². The summed E-state index contributed by atoms with van der Waals surface area (Å²) in [6.07, 6.45) is 1.97. The molecule has 5 nitrogen and oxygen atoms in total. The van der Waals surface area contributed by atoms with E-state index in [9.17, 15) is 4.79 Å². The van der Waals surface area contributed by atoms with E-state index < -0.39 is 0 Å². The monoisotopic (exact) mass is 220 g/mol. The van der Waals surface area contributed by atoms with E-state index in [1.54, 1.807) is 11.6 Å². The first-order valence-corrected chi connectivity index (χ1v) is 5.66. The maximum Gasteiger partial charge on any atom is 0.147 e. The number of piperidine rings is 1. The first-order chi connectivity index (χ1) is 7.59. The summed E-state index contributed by atoms with van der Waals surface area (Å²) in [4.78, 5) is 13.8. The lowest BCUT2D eigenvalue weighted by Gasteiger charge is -2.21. The first-order valence-electron chi connectivity index (χ1n) is 5.66. The van der Waals surface area contributed by atoms with Gasteiger partial charge in [-0.15, -0.1) is 5.10 Å². The normalized spacial score (nSPS) is 37.4. The fourth-order valence-corrected chi connectivity index (χ4v) is 3.32. The van der Waals surface area contributed by atoms with Crippen LogP contribution in [0.2, 0.25) is 0 Å². The number of likely N-dealkylation sites (tertiary alicyclic amines) is 1. The van der Waals surface area contributed by atoms with Crippen molar-refractivity contribution in [1.29, 1.82) is 0 Å². The maximum atomic E-state index is 11.6. The molecule has 0 bridgehead atoms. The van der Waals surface area contributed by atoms with Crippen molar-refractivity contribution >= 4 is 5.78 Å². The number of aromatic nitrogens is 3. The molecule has 2 heterocycles. The van der Waals surface area contributed by atoms with Gasteiger partial charge in [0.2, 0.25) is 0 Å². The summed E-state index contributed by atoms with van der Waals surface area (Å²) in [5, 5.41) is 8.12. The number of ketones is 1. The van der Waals surface area contributed by atoms with Crippen LogP contribution in [0.1, 0.15) is 18.5 Å². The number of aryl methyl sites for hydroxylation is 1. The van der Waals surface area contributed by atoms with Crippen molar-refractivity contribution in [2.45, 2.75) is 18.9 Å². The van der Waals surface area contributed by atoms with Crippen LogP contribution in [0.15, 0.2) is 6.20 Å². The van der Waals surface area contributed by atoms with Crippen LogP contribution in [-0.4, -0.2) is 45.3 Å². The molecule has 86 valence electrons. The summed E-state index contributed by atoms with van der Waals surface area (Å²) < 4.78 is 1.73. The number of carbonyl (C=O) groups excluding carboxylic acids is 1. The number of likely N-dealkylation sites (N-methyl/N-ethyl adjacent to an activating group) is 1. The molecule has 1 aromatic heterocycles. The molecule has 0 aromatic carbocycles. The van der Waals surface area contributed by atoms with E-state index in [1.807, 2.05) is 20.3 Å². The average Bonchev–Trinajstić information content (AvgIpc) is 2.58. The van der Waals surface area contributed by atoms with Crippen molar-refractivity contribution in [1.82, 2.24) is 19.9 Å². The van der Waals surface area contributed by atoms with Gasteiger partial charge in [-0.2, -0.15) is 0 Å². The molecule has 0 amide bonds. The van der Waals surface area contributed by atoms with E-state index >= 15 is 0 Å². The van der Waals surface area contributed by atoms with Crippen LogP contribution < -0.4 is 0 Å². The van der Waals surface area contributed by atoms with E-state index in [1.165, 1.54) is 0 Å². The highest BCUT2D eigenvalue weighted by atomic mass is 16.1. The van der Waals surface area contributed by atoms with Gasteiger partial charge in [0.25, 0.3) is 0 Å². The molecule has 0 N–H and O–H groups in total. The number of carbonyl (C=O) groups is 1. The zero-order chi connectivity index (χ0) is 11.4. The minimum atomic E-state index is 0.0945. The summed E-state index contributed by atoms with van der Waals surface area (Å²) in [7, 11) is 3.91. The highest BCUT2D eigenvalue weighted by Gasteiger charge is 2.62. The number of Topliss-reactive ketones (excluding diaryl/α,β-unsaturated/α-hetero) is 1. The van der Waals surface area contributed by atoms with Gasteiger partial charge in [-0.25, -0.2) is 0 Å². The molecule has 1 aromatic rings. The molecule has 1 saturated carbocycles. The lowest BCUT2D eigenvalue weighted by Crippen LogP contribution is -2.36. The summed E-state index contributed by atoms with van der Waals surface area (Å²) in [6.45, 7) is 2.70. The molecule has 5 heteroatoms. The lowest BCUT2D eigenvalue weighted by molar-refractivity contribution is -0.121. The largest absolute Gasteiger partial charge is 0.298 e. The number of hydrogen-bond acceptors (Lipinski definition) is 4. The smallest absolute Gasteiger partial charge is 0.147 e. The molecule has 2 aliphatic rings. The Hall–Kier alpha value is -1.23. The van der Waals surface area contributed by atoms with Crippen molar-refractivity contribution in [2.24, 2.45) is 18.9 Å². The molecule has 1 aliphatic carbocycles. The Labute approximate surface area is 94.4 Å². The van der Waals surface area contributed by atoms with Gasteiger partial charge in [0.05, 0.1) is 11.7 Å². The van der Waals surface area contributed by atoms with Crippen molar-refractivity contribution in [3.63, 3.8) is 0 Å². The van der Waals surface area contributed by atoms with Gasteiger partial charge in [-0.3, -0.25) is 14.4 Å². The fourth-order valence-electron chi connectivity index (χ4n) is 3.32. The molecule has 0 radical (unpaired) electrons. The second-order valence-corrected chi connectivity index (χ2v) is 5.08. The number of nitrogens with zero attached hydrogens (tertiary/aromatic N) is 4. The van der Waals surface area contributed by atoms with Crippen LogP contribution in [0.3, 0.4) is 0 Å². The Kier molecular flexibility index (Phi) is 1.95. The highest BCUT2D eigenvalue weighted by Crippen LogP contribution is 2.60. The van der Waals surface area contributed by atoms with Crippen LogP contribution >= 0.6 is 0 Å². The van der Waals surface area contributed by atoms with Crippen molar-refractivity contribution in [3.8, 4) is 0 Å². The van der Waals surface area contributed by atoms with Gasteiger partial charge in [0.1, 0.15) is 5.78 Å². The van der Waals surface area contributed by atoms with Crippen molar-refractivity contribution in [3.05, 3.63) is 11.9 Å². The average molecular weight is 220 g/mol. The number of hydrogen-bond donors (Lipinski definition) is 0. The Balaban J connectivity index is 1.83. The zero-order valence-electron chi connectivity index (χ0n) is 9.79. The molecule has 3 rings (SSSR count). The number of rotatable bonds is 2. The van der Waals surface area contributed by atoms with Gasteiger partial charge in [-0.05, 0) is 25.8 Å². The first kappa shape index (κ1) is 9.96. The molecule has 0 spiro atoms. The molecule has 1 aliphatic heterocycles. The van der Waals surface area contributed by atoms with Gasteiger partial charge in [-0.1, -0.05) is 5.21 Å². The standard InChI is InChI=1S/C11H16N4O/c1-6(16)11-10-7(4-14(11)2)9(10)8-5-15(3)13-12-8/h5,7,9-11H,4H2,1-3H3/t7-,9?,10-,11-/m1/s1. The predicted octanol–water partition coefficient (Wildman–Crippen LogP) is 0.0477. The quantitative estimate of drug-likeness (QED) is 0.706. The molecule has 2 fully saturated rings. The Morgan fingerprint density at radius 2 is 2.25 bits per heavy atom. The maximum absolute atomic E-state index is 11.6. The van der Waals surface area contributed by atoms with Crippen molar-refractivity contribution < 1.29 is 4.79 Å². The molecular weight excluding hydrogens is 204 g/mol. The third kappa shape index (κ3) is 1.24. The lowest BCUT2D eigenvalue weighted by atomic mass is 10.1. The summed E-state index contributed by atoms with van der Waals surface area (Å²) >= 11 is 0. The SMILES string of the molecule is CC(=O)[C@@H]1[C@H]2C(c3cn(C)nn3)[C@H]2CN1C. The molecule has 1 saturated heterocycles. The molecular formula is C11H16N4O. The van der Waals surface area contributed by atoms with E-state index in [2.05, 4.69) is 15.2 Å². The van der Waals surface area contributed by atoms with Gasteiger partial charge < -0.3 is 0 Å². The van der Waals surface area contributed by atoms with E-state index in [0.29, 0.717) is 17.8 Å². The predicted molar refractivity (Wildman–Crippen MR) is 57.8 cm³/mol. The Morgan fingerprint density at radius 1 is 1.50 bits per heavy atom. The number of fused-ring (bicyclic) bond motifs is 1. The van der Waals surface area contributed by atoms with Crippen LogP contribution in [0, 0.1) is 11.8 Å². The Morgan fingerprint density at radius 3 is 2.81 bits per heavy atom. The van der Waals surface area contributed by atoms with Gasteiger partial charge >= 0.3 is 0 Å². The Bertz CT molecular complexity index is 441. The summed E-state index contributed by atoms with van der Waals surface area (Å²) in [5.41, 5.74) is 1.05. The van der Waals surface area contributed by atoms with Gasteiger partial charge in [0, 0.05) is 25.7 Å². The topological polar surface area (TPSA) is 51.0 Å². The van der Waals surface area contributed by atoms with E-state index in [-0.39, 0.29) is 11.8 Å². The minimum absolute atomic E-state index is 0.0945. The second kappa shape index (κ2) is 3.13. The summed E-state index contributed by atoms with van der Waals surface area (Å²) in [6, 6.07) is 0.0945. The van der Waals surface area contributed by atoms with Gasteiger partial charge in [0.15, 0.2) is 0 Å². The van der Waals surface area contributed by atoms with E-state index in [4.69, 9.17) is 0 Å². The second-order valence-electron chi connectivity index (χ2n) is 5.08. The van der Waals surface area contributed by atoms with Crippen LogP contribution in [0.5, 0.6) is 0 Å². The molecule has 16 heavy (non-hydrogen) atoms. The van der Waals surface area contributed by atoms with Crippen molar-refractivity contribution in [2.75, 3.05) is 13.6 Å². The summed E-state index contributed by atoms with van der Waals surface area (Å²) in [5.74, 6) is 1.81. The van der Waals surface area contributed by atoms with Crippen LogP contribution in [0.4, 0.5) is 0 Å². The minimum Gasteiger partial charge on any atom is -0.298 e.